The van der Waals surface area contributed by atoms with Crippen molar-refractivity contribution in [3.05, 3.63) is 59.9 Å². The second-order valence-corrected chi connectivity index (χ2v) is 8.16. The highest BCUT2D eigenvalue weighted by molar-refractivity contribution is 6.16. The van der Waals surface area contributed by atoms with E-state index in [9.17, 15) is 9.59 Å². The Labute approximate surface area is 181 Å². The first-order chi connectivity index (χ1) is 15.0. The van der Waals surface area contributed by atoms with Gasteiger partial charge in [0.1, 0.15) is 0 Å². The Hall–Kier alpha value is -3.35. The van der Waals surface area contributed by atoms with E-state index in [2.05, 4.69) is 15.2 Å². The van der Waals surface area contributed by atoms with Crippen molar-refractivity contribution >= 4 is 28.7 Å². The molecular weight excluding hydrogens is 394 g/mol. The van der Waals surface area contributed by atoms with Gasteiger partial charge in [-0.1, -0.05) is 36.4 Å². The lowest BCUT2D eigenvalue weighted by atomic mass is 9.97. The normalized spacial score (nSPS) is 18.4. The maximum atomic E-state index is 12.4. The molecule has 0 saturated carbocycles. The molecule has 2 aromatic carbocycles. The molecule has 1 amide bonds. The van der Waals surface area contributed by atoms with Crippen molar-refractivity contribution < 1.29 is 19.1 Å². The summed E-state index contributed by atoms with van der Waals surface area (Å²) in [5.74, 6) is 0.304. The lowest BCUT2D eigenvalue weighted by molar-refractivity contribution is -0.130. The summed E-state index contributed by atoms with van der Waals surface area (Å²) in [6, 6.07) is 13.8. The Morgan fingerprint density at radius 2 is 1.97 bits per heavy atom. The number of alkyl carbamates (subject to hydrolysis) is 1. The molecule has 0 aromatic heterocycles. The first-order valence-corrected chi connectivity index (χ1v) is 10.7. The van der Waals surface area contributed by atoms with Crippen LogP contribution in [0.25, 0.3) is 10.8 Å². The molecule has 31 heavy (non-hydrogen) atoms. The molecule has 2 aliphatic rings. The van der Waals surface area contributed by atoms with Crippen LogP contribution in [0.15, 0.2) is 59.4 Å². The maximum Gasteiger partial charge on any atom is 0.407 e. The van der Waals surface area contributed by atoms with Crippen LogP contribution in [0.5, 0.6) is 0 Å². The van der Waals surface area contributed by atoms with Crippen LogP contribution in [-0.4, -0.2) is 48.6 Å². The van der Waals surface area contributed by atoms with E-state index in [1.807, 2.05) is 56.3 Å². The highest BCUT2D eigenvalue weighted by Gasteiger charge is 2.27. The number of carbonyl (C=O) groups is 2. The molecule has 0 unspecified atom stereocenters. The number of benzene rings is 2. The minimum absolute atomic E-state index is 0.126. The monoisotopic (exact) mass is 421 g/mol. The molecule has 0 aliphatic carbocycles. The number of esters is 1. The zero-order chi connectivity index (χ0) is 21.8. The average Bonchev–Trinajstić information content (AvgIpc) is 3.12. The number of cyclic esters (lactones) is 1. The van der Waals surface area contributed by atoms with E-state index in [1.54, 1.807) is 6.20 Å². The number of fused-ring (bicyclic) bond motifs is 1. The molecule has 2 aliphatic heterocycles. The summed E-state index contributed by atoms with van der Waals surface area (Å²) in [6.45, 7) is 5.84. The molecule has 7 heteroatoms. The predicted octanol–water partition coefficient (Wildman–Crippen LogP) is 3.83. The molecule has 162 valence electrons. The number of nitrogens with zero attached hydrogens (tertiary/aromatic N) is 2. The standard InChI is InChI=1S/C24H27N3O4/c1-16(2)30-24(29)25-14-17-10-12-27(13-11-17)15-21-23(28)31-22(26-21)20-9-5-7-18-6-3-4-8-19(18)20/h3-9,15-17H,10-14H2,1-2H3,(H,25,29). The van der Waals surface area contributed by atoms with E-state index in [-0.39, 0.29) is 12.2 Å². The Morgan fingerprint density at radius 3 is 2.74 bits per heavy atom. The molecule has 2 aromatic rings. The summed E-state index contributed by atoms with van der Waals surface area (Å²) in [5.41, 5.74) is 1.13. The van der Waals surface area contributed by atoms with Crippen LogP contribution in [-0.2, 0) is 14.3 Å². The largest absolute Gasteiger partial charge is 0.447 e. The minimum Gasteiger partial charge on any atom is -0.447 e. The third-order valence-electron chi connectivity index (χ3n) is 5.47. The molecule has 0 radical (unpaired) electrons. The van der Waals surface area contributed by atoms with Crippen molar-refractivity contribution in [1.82, 2.24) is 10.2 Å². The number of hydrogen-bond donors (Lipinski definition) is 1. The second-order valence-electron chi connectivity index (χ2n) is 8.16. The summed E-state index contributed by atoms with van der Waals surface area (Å²) >= 11 is 0. The van der Waals surface area contributed by atoms with Crippen LogP contribution in [0.2, 0.25) is 0 Å². The zero-order valence-corrected chi connectivity index (χ0v) is 17.8. The van der Waals surface area contributed by atoms with Crippen LogP contribution < -0.4 is 5.32 Å². The fourth-order valence-corrected chi connectivity index (χ4v) is 3.87. The lowest BCUT2D eigenvalue weighted by Gasteiger charge is -2.31. The van der Waals surface area contributed by atoms with E-state index in [0.29, 0.717) is 24.1 Å². The fraction of sp³-hybridized carbons (Fsp3) is 0.375. The highest BCUT2D eigenvalue weighted by atomic mass is 16.6. The smallest absolute Gasteiger partial charge is 0.407 e. The lowest BCUT2D eigenvalue weighted by Crippen LogP contribution is -2.37. The summed E-state index contributed by atoms with van der Waals surface area (Å²) in [5, 5.41) is 4.90. The fourth-order valence-electron chi connectivity index (χ4n) is 3.87. The summed E-state index contributed by atoms with van der Waals surface area (Å²) in [7, 11) is 0. The van der Waals surface area contributed by atoms with Gasteiger partial charge in [-0.25, -0.2) is 14.6 Å². The Kier molecular flexibility index (Phi) is 6.21. The van der Waals surface area contributed by atoms with E-state index in [0.717, 1.165) is 42.3 Å². The molecule has 1 fully saturated rings. The third-order valence-corrected chi connectivity index (χ3v) is 5.47. The minimum atomic E-state index is -0.428. The SMILES string of the molecule is CC(C)OC(=O)NCC1CCN(C=C2N=C(c3cccc4ccccc34)OC2=O)CC1. The van der Waals surface area contributed by atoms with Gasteiger partial charge in [-0.2, -0.15) is 0 Å². The molecule has 0 atom stereocenters. The van der Waals surface area contributed by atoms with Gasteiger partial charge in [-0.05, 0) is 49.4 Å². The molecule has 1 N–H and O–H groups in total. The van der Waals surface area contributed by atoms with Gasteiger partial charge in [0.05, 0.1) is 6.10 Å². The number of hydrogen-bond acceptors (Lipinski definition) is 6. The van der Waals surface area contributed by atoms with Crippen molar-refractivity contribution in [3.8, 4) is 0 Å². The van der Waals surface area contributed by atoms with Crippen LogP contribution in [0.4, 0.5) is 4.79 Å². The summed E-state index contributed by atoms with van der Waals surface area (Å²) in [4.78, 5) is 30.6. The third kappa shape index (κ3) is 5.05. The Bertz CT molecular complexity index is 1030. The van der Waals surface area contributed by atoms with Gasteiger partial charge in [0.15, 0.2) is 5.70 Å². The van der Waals surface area contributed by atoms with Crippen molar-refractivity contribution in [2.75, 3.05) is 19.6 Å². The van der Waals surface area contributed by atoms with Gasteiger partial charge in [0.2, 0.25) is 5.90 Å². The molecule has 4 rings (SSSR count). The maximum absolute atomic E-state index is 12.4. The average molecular weight is 421 g/mol. The number of carbonyl (C=O) groups excluding carboxylic acids is 2. The van der Waals surface area contributed by atoms with Crippen molar-refractivity contribution in [1.29, 1.82) is 0 Å². The Morgan fingerprint density at radius 1 is 1.23 bits per heavy atom. The van der Waals surface area contributed by atoms with E-state index in [1.165, 1.54) is 0 Å². The second kappa shape index (κ2) is 9.20. The van der Waals surface area contributed by atoms with Crippen LogP contribution >= 0.6 is 0 Å². The van der Waals surface area contributed by atoms with Crippen molar-refractivity contribution in [3.63, 3.8) is 0 Å². The van der Waals surface area contributed by atoms with Crippen molar-refractivity contribution in [2.45, 2.75) is 32.8 Å². The first-order valence-electron chi connectivity index (χ1n) is 10.7. The topological polar surface area (TPSA) is 80.2 Å². The van der Waals surface area contributed by atoms with E-state index in [4.69, 9.17) is 9.47 Å². The quantitative estimate of drug-likeness (QED) is 0.586. The number of likely N-dealkylation sites (tertiary alicyclic amines) is 1. The number of ether oxygens (including phenoxy) is 2. The molecule has 1 saturated heterocycles. The molecule has 0 bridgehead atoms. The molecule has 2 heterocycles. The highest BCUT2D eigenvalue weighted by Crippen LogP contribution is 2.25. The van der Waals surface area contributed by atoms with Gasteiger partial charge >= 0.3 is 12.1 Å². The number of aliphatic imine (C=N–C) groups is 1. The Balaban J connectivity index is 1.38. The van der Waals surface area contributed by atoms with E-state index >= 15 is 0 Å². The predicted molar refractivity (Wildman–Crippen MR) is 119 cm³/mol. The number of amides is 1. The number of piperidine rings is 1. The van der Waals surface area contributed by atoms with Crippen LogP contribution in [0.3, 0.4) is 0 Å². The summed E-state index contributed by atoms with van der Waals surface area (Å²) in [6.07, 6.45) is 3.13. The van der Waals surface area contributed by atoms with Crippen LogP contribution in [0.1, 0.15) is 32.3 Å². The van der Waals surface area contributed by atoms with Crippen LogP contribution in [0, 0.1) is 5.92 Å². The van der Waals surface area contributed by atoms with E-state index < -0.39 is 5.97 Å². The van der Waals surface area contributed by atoms with Gasteiger partial charge in [-0.3, -0.25) is 0 Å². The number of nitrogens with one attached hydrogen (secondary N) is 1. The molecular formula is C24H27N3O4. The summed E-state index contributed by atoms with van der Waals surface area (Å²) < 4.78 is 10.6. The number of rotatable bonds is 5. The molecule has 0 spiro atoms. The van der Waals surface area contributed by atoms with Gasteiger partial charge < -0.3 is 19.7 Å². The van der Waals surface area contributed by atoms with Gasteiger partial charge in [-0.15, -0.1) is 0 Å². The van der Waals surface area contributed by atoms with Gasteiger partial charge in [0, 0.05) is 31.4 Å². The molecule has 7 nitrogen and oxygen atoms in total. The zero-order valence-electron chi connectivity index (χ0n) is 17.8. The first kappa shape index (κ1) is 20.9. The van der Waals surface area contributed by atoms with Gasteiger partial charge in [0.25, 0.3) is 0 Å². The van der Waals surface area contributed by atoms with Crippen molar-refractivity contribution in [2.24, 2.45) is 10.9 Å².